The molecule has 5 heteroatoms. The molecular formula is C9H9F3OS. The molecule has 0 aliphatic carbocycles. The molecular weight excluding hydrogens is 213 g/mol. The van der Waals surface area contributed by atoms with Gasteiger partial charge in [0.05, 0.1) is 17.6 Å². The van der Waals surface area contributed by atoms with Crippen molar-refractivity contribution in [1.82, 2.24) is 0 Å². The van der Waals surface area contributed by atoms with Gasteiger partial charge < -0.3 is 4.74 Å². The summed E-state index contributed by atoms with van der Waals surface area (Å²) in [6, 6.07) is 3.90. The van der Waals surface area contributed by atoms with E-state index in [-0.39, 0.29) is 10.6 Å². The summed E-state index contributed by atoms with van der Waals surface area (Å²) in [7, 11) is 1.36. The minimum absolute atomic E-state index is 0.127. The Morgan fingerprint density at radius 1 is 1.29 bits per heavy atom. The predicted octanol–water partition coefficient (Wildman–Crippen LogP) is 3.44. The fourth-order valence-corrected chi connectivity index (χ4v) is 1.87. The Labute approximate surface area is 84.3 Å². The zero-order valence-corrected chi connectivity index (χ0v) is 8.50. The molecule has 0 unspecified atom stereocenters. The van der Waals surface area contributed by atoms with Crippen molar-refractivity contribution in [3.63, 3.8) is 0 Å². The van der Waals surface area contributed by atoms with E-state index in [1.54, 1.807) is 6.26 Å². The van der Waals surface area contributed by atoms with Crippen molar-refractivity contribution in [3.05, 3.63) is 23.8 Å². The highest BCUT2D eigenvalue weighted by atomic mass is 32.2. The third-order valence-electron chi connectivity index (χ3n) is 1.71. The van der Waals surface area contributed by atoms with Crippen molar-refractivity contribution < 1.29 is 17.9 Å². The van der Waals surface area contributed by atoms with Crippen LogP contribution in [0.4, 0.5) is 13.2 Å². The Morgan fingerprint density at radius 3 is 2.36 bits per heavy atom. The molecule has 0 spiro atoms. The van der Waals surface area contributed by atoms with E-state index in [4.69, 9.17) is 4.74 Å². The summed E-state index contributed by atoms with van der Waals surface area (Å²) in [6.45, 7) is 0. The topological polar surface area (TPSA) is 9.23 Å². The summed E-state index contributed by atoms with van der Waals surface area (Å²) >= 11 is 1.03. The number of alkyl halides is 3. The Bertz CT molecular complexity index is 322. The smallest absolute Gasteiger partial charge is 0.417 e. The molecule has 0 aliphatic rings. The SMILES string of the molecule is COc1cccc(C(F)(F)F)c1SC. The first kappa shape index (κ1) is 11.2. The van der Waals surface area contributed by atoms with Gasteiger partial charge in [0.1, 0.15) is 5.75 Å². The Hall–Kier alpha value is -0.840. The monoisotopic (exact) mass is 222 g/mol. The quantitative estimate of drug-likeness (QED) is 0.709. The zero-order chi connectivity index (χ0) is 10.8. The lowest BCUT2D eigenvalue weighted by Crippen LogP contribution is -2.07. The van der Waals surface area contributed by atoms with Crippen LogP contribution >= 0.6 is 11.8 Å². The van der Waals surface area contributed by atoms with E-state index in [2.05, 4.69) is 0 Å². The van der Waals surface area contributed by atoms with Crippen LogP contribution in [0.5, 0.6) is 5.75 Å². The zero-order valence-electron chi connectivity index (χ0n) is 7.68. The Balaban J connectivity index is 3.29. The van der Waals surface area contributed by atoms with Crippen molar-refractivity contribution in [3.8, 4) is 5.75 Å². The van der Waals surface area contributed by atoms with Gasteiger partial charge in [-0.2, -0.15) is 13.2 Å². The summed E-state index contributed by atoms with van der Waals surface area (Å²) in [5.74, 6) is 0.257. The number of hydrogen-bond acceptors (Lipinski definition) is 2. The van der Waals surface area contributed by atoms with Crippen molar-refractivity contribution in [2.24, 2.45) is 0 Å². The van der Waals surface area contributed by atoms with Crippen LogP contribution in [0.2, 0.25) is 0 Å². The highest BCUT2D eigenvalue weighted by molar-refractivity contribution is 7.98. The maximum absolute atomic E-state index is 12.5. The third-order valence-corrected chi connectivity index (χ3v) is 2.54. The number of thioether (sulfide) groups is 1. The number of hydrogen-bond donors (Lipinski definition) is 0. The normalized spacial score (nSPS) is 11.5. The molecule has 1 nitrogen and oxygen atoms in total. The lowest BCUT2D eigenvalue weighted by Gasteiger charge is -2.13. The molecule has 0 aromatic heterocycles. The lowest BCUT2D eigenvalue weighted by atomic mass is 10.2. The molecule has 1 aromatic carbocycles. The maximum atomic E-state index is 12.5. The number of rotatable bonds is 2. The molecule has 0 N–H and O–H groups in total. The molecule has 0 saturated heterocycles. The van der Waals surface area contributed by atoms with E-state index in [0.717, 1.165) is 17.8 Å². The van der Waals surface area contributed by atoms with Crippen LogP contribution < -0.4 is 4.74 Å². The molecule has 0 aliphatic heterocycles. The van der Waals surface area contributed by atoms with Crippen LogP contribution in [0.15, 0.2) is 23.1 Å². The minimum Gasteiger partial charge on any atom is -0.496 e. The summed E-state index contributed by atoms with van der Waals surface area (Å²) in [5, 5.41) is 0. The Kier molecular flexibility index (Phi) is 3.31. The average molecular weight is 222 g/mol. The summed E-state index contributed by atoms with van der Waals surface area (Å²) in [4.78, 5) is 0.127. The van der Waals surface area contributed by atoms with Gasteiger partial charge in [-0.15, -0.1) is 11.8 Å². The second kappa shape index (κ2) is 4.13. The van der Waals surface area contributed by atoms with Gasteiger partial charge in [0, 0.05) is 0 Å². The van der Waals surface area contributed by atoms with Crippen molar-refractivity contribution >= 4 is 11.8 Å². The largest absolute Gasteiger partial charge is 0.496 e. The van der Waals surface area contributed by atoms with Gasteiger partial charge in [0.25, 0.3) is 0 Å². The van der Waals surface area contributed by atoms with Gasteiger partial charge in [0.2, 0.25) is 0 Å². The van der Waals surface area contributed by atoms with Gasteiger partial charge in [-0.05, 0) is 18.4 Å². The minimum atomic E-state index is -4.33. The van der Waals surface area contributed by atoms with Crippen LogP contribution in [0.3, 0.4) is 0 Å². The highest BCUT2D eigenvalue weighted by Gasteiger charge is 2.34. The number of benzene rings is 1. The lowest BCUT2D eigenvalue weighted by molar-refractivity contribution is -0.139. The molecule has 0 amide bonds. The van der Waals surface area contributed by atoms with Gasteiger partial charge in [-0.25, -0.2) is 0 Å². The summed E-state index contributed by atoms with van der Waals surface area (Å²) in [6.07, 6.45) is -2.74. The molecule has 0 heterocycles. The molecule has 14 heavy (non-hydrogen) atoms. The number of halogens is 3. The molecule has 1 rings (SSSR count). The van der Waals surface area contributed by atoms with Crippen LogP contribution in [-0.2, 0) is 6.18 Å². The van der Waals surface area contributed by atoms with Crippen molar-refractivity contribution in [1.29, 1.82) is 0 Å². The van der Waals surface area contributed by atoms with Crippen molar-refractivity contribution in [2.75, 3.05) is 13.4 Å². The first-order valence-corrected chi connectivity index (χ1v) is 5.01. The molecule has 0 saturated carbocycles. The molecule has 0 atom stereocenters. The van der Waals surface area contributed by atoms with Gasteiger partial charge in [-0.3, -0.25) is 0 Å². The summed E-state index contributed by atoms with van der Waals surface area (Å²) in [5.41, 5.74) is -0.649. The van der Waals surface area contributed by atoms with E-state index in [1.807, 2.05) is 0 Å². The van der Waals surface area contributed by atoms with E-state index in [1.165, 1.54) is 19.2 Å². The molecule has 78 valence electrons. The van der Waals surface area contributed by atoms with E-state index in [0.29, 0.717) is 0 Å². The van der Waals surface area contributed by atoms with Gasteiger partial charge in [0.15, 0.2) is 0 Å². The van der Waals surface area contributed by atoms with E-state index >= 15 is 0 Å². The molecule has 1 aromatic rings. The predicted molar refractivity (Wildman–Crippen MR) is 49.8 cm³/mol. The van der Waals surface area contributed by atoms with Gasteiger partial charge >= 0.3 is 6.18 Å². The summed E-state index contributed by atoms with van der Waals surface area (Å²) < 4.78 is 42.3. The standard InChI is InChI=1S/C9H9F3OS/c1-13-7-5-3-4-6(8(7)14-2)9(10,11)12/h3-5H,1-2H3. The van der Waals surface area contributed by atoms with Crippen LogP contribution in [0.1, 0.15) is 5.56 Å². The van der Waals surface area contributed by atoms with Crippen LogP contribution in [-0.4, -0.2) is 13.4 Å². The van der Waals surface area contributed by atoms with E-state index < -0.39 is 11.7 Å². The first-order valence-electron chi connectivity index (χ1n) is 3.79. The number of ether oxygens (including phenoxy) is 1. The molecule has 0 radical (unpaired) electrons. The van der Waals surface area contributed by atoms with Crippen LogP contribution in [0.25, 0.3) is 0 Å². The third kappa shape index (κ3) is 2.15. The maximum Gasteiger partial charge on any atom is 0.417 e. The van der Waals surface area contributed by atoms with Crippen LogP contribution in [0, 0.1) is 0 Å². The second-order valence-electron chi connectivity index (χ2n) is 2.54. The second-order valence-corrected chi connectivity index (χ2v) is 3.36. The fourth-order valence-electron chi connectivity index (χ4n) is 1.11. The fraction of sp³-hybridized carbons (Fsp3) is 0.333. The average Bonchev–Trinajstić information content (AvgIpc) is 2.15. The first-order chi connectivity index (χ1) is 6.50. The number of methoxy groups -OCH3 is 1. The van der Waals surface area contributed by atoms with Gasteiger partial charge in [-0.1, -0.05) is 6.07 Å². The molecule has 0 fully saturated rings. The Morgan fingerprint density at radius 2 is 1.93 bits per heavy atom. The highest BCUT2D eigenvalue weighted by Crippen LogP contribution is 2.40. The van der Waals surface area contributed by atoms with E-state index in [9.17, 15) is 13.2 Å². The van der Waals surface area contributed by atoms with Crippen molar-refractivity contribution in [2.45, 2.75) is 11.1 Å². The molecule has 0 bridgehead atoms.